The number of carbonyl (C=O) groups is 1. The quantitative estimate of drug-likeness (QED) is 0.818. The van der Waals surface area contributed by atoms with Gasteiger partial charge in [0.25, 0.3) is 5.91 Å². The molecule has 1 amide bonds. The van der Waals surface area contributed by atoms with E-state index in [2.05, 4.69) is 29.9 Å². The van der Waals surface area contributed by atoms with Gasteiger partial charge in [-0.2, -0.15) is 0 Å². The lowest BCUT2D eigenvalue weighted by molar-refractivity contribution is 0.0947. The Morgan fingerprint density at radius 1 is 1.45 bits per heavy atom. The van der Waals surface area contributed by atoms with Crippen LogP contribution in [0.5, 0.6) is 0 Å². The fourth-order valence-corrected chi connectivity index (χ4v) is 3.06. The first-order valence-electron chi connectivity index (χ1n) is 7.05. The molecule has 0 saturated heterocycles. The van der Waals surface area contributed by atoms with E-state index in [1.807, 2.05) is 0 Å². The van der Waals surface area contributed by atoms with Gasteiger partial charge in [0.05, 0.1) is 10.6 Å². The number of benzene rings is 1. The number of thiol groups is 1. The number of hydrogen-bond donors (Lipinski definition) is 2. The van der Waals surface area contributed by atoms with Crippen LogP contribution in [0.1, 0.15) is 36.0 Å². The summed E-state index contributed by atoms with van der Waals surface area (Å²) in [6, 6.07) is 5.84. The normalized spacial score (nSPS) is 15.8. The maximum Gasteiger partial charge on any atom is 0.252 e. The molecule has 20 heavy (non-hydrogen) atoms. The molecule has 0 radical (unpaired) electrons. The smallest absolute Gasteiger partial charge is 0.252 e. The highest BCUT2D eigenvalue weighted by molar-refractivity contribution is 7.80. The van der Waals surface area contributed by atoms with E-state index < -0.39 is 0 Å². The molecule has 1 aromatic carbocycles. The molecule has 5 heteroatoms. The van der Waals surface area contributed by atoms with Crippen molar-refractivity contribution in [3.05, 3.63) is 28.8 Å². The molecule has 1 aromatic rings. The van der Waals surface area contributed by atoms with E-state index in [1.54, 1.807) is 18.2 Å². The second kappa shape index (κ2) is 7.34. The van der Waals surface area contributed by atoms with Crippen LogP contribution in [0.4, 0.5) is 0 Å². The highest BCUT2D eigenvalue weighted by Gasteiger charge is 2.19. The molecule has 1 saturated carbocycles. The number of amides is 1. The molecule has 2 rings (SSSR count). The molecule has 0 bridgehead atoms. The third-order valence-electron chi connectivity index (χ3n) is 3.89. The lowest BCUT2D eigenvalue weighted by Crippen LogP contribution is -2.37. The second-order valence-electron chi connectivity index (χ2n) is 5.34. The van der Waals surface area contributed by atoms with E-state index in [1.165, 1.54) is 25.7 Å². The molecule has 0 aromatic heterocycles. The van der Waals surface area contributed by atoms with Crippen LogP contribution in [0.3, 0.4) is 0 Å². The Bertz CT molecular complexity index is 475. The molecule has 0 aliphatic heterocycles. The summed E-state index contributed by atoms with van der Waals surface area (Å²) in [7, 11) is 2.13. The number of hydrogen-bond acceptors (Lipinski definition) is 3. The van der Waals surface area contributed by atoms with Gasteiger partial charge in [0.1, 0.15) is 0 Å². The van der Waals surface area contributed by atoms with Crippen LogP contribution < -0.4 is 5.32 Å². The fraction of sp³-hybridized carbons (Fsp3) is 0.533. The Kier molecular flexibility index (Phi) is 5.75. The summed E-state index contributed by atoms with van der Waals surface area (Å²) in [5, 5.41) is 3.38. The van der Waals surface area contributed by atoms with Gasteiger partial charge in [-0.15, -0.1) is 12.6 Å². The Hall–Kier alpha value is -0.710. The van der Waals surface area contributed by atoms with E-state index in [0.29, 0.717) is 23.2 Å². The summed E-state index contributed by atoms with van der Waals surface area (Å²) in [4.78, 5) is 15.1. The first-order chi connectivity index (χ1) is 9.58. The fourth-order valence-electron chi connectivity index (χ4n) is 2.66. The predicted molar refractivity (Wildman–Crippen MR) is 85.9 cm³/mol. The van der Waals surface area contributed by atoms with Crippen LogP contribution in [-0.2, 0) is 0 Å². The van der Waals surface area contributed by atoms with Crippen LogP contribution in [0, 0.1) is 0 Å². The van der Waals surface area contributed by atoms with Gasteiger partial charge >= 0.3 is 0 Å². The summed E-state index contributed by atoms with van der Waals surface area (Å²) in [6.07, 6.45) is 5.20. The van der Waals surface area contributed by atoms with Gasteiger partial charge in [0.2, 0.25) is 0 Å². The van der Waals surface area contributed by atoms with Crippen LogP contribution in [0.2, 0.25) is 5.02 Å². The van der Waals surface area contributed by atoms with E-state index in [4.69, 9.17) is 11.6 Å². The molecule has 1 aliphatic rings. The van der Waals surface area contributed by atoms with E-state index in [-0.39, 0.29) is 5.91 Å². The van der Waals surface area contributed by atoms with E-state index in [9.17, 15) is 4.79 Å². The van der Waals surface area contributed by atoms with Crippen molar-refractivity contribution in [2.45, 2.75) is 36.6 Å². The van der Waals surface area contributed by atoms with Gasteiger partial charge < -0.3 is 10.2 Å². The Morgan fingerprint density at radius 3 is 2.85 bits per heavy atom. The summed E-state index contributed by atoms with van der Waals surface area (Å²) >= 11 is 10.3. The molecular weight excluding hydrogens is 292 g/mol. The zero-order chi connectivity index (χ0) is 14.5. The van der Waals surface area contributed by atoms with Crippen molar-refractivity contribution in [1.29, 1.82) is 0 Å². The van der Waals surface area contributed by atoms with E-state index in [0.717, 1.165) is 11.4 Å². The molecule has 0 unspecified atom stereocenters. The minimum absolute atomic E-state index is 0.134. The number of nitrogens with zero attached hydrogens (tertiary/aromatic N) is 1. The Labute approximate surface area is 131 Å². The topological polar surface area (TPSA) is 32.3 Å². The van der Waals surface area contributed by atoms with Crippen LogP contribution in [0.15, 0.2) is 23.1 Å². The third-order valence-corrected chi connectivity index (χ3v) is 4.50. The Morgan fingerprint density at radius 2 is 2.15 bits per heavy atom. The van der Waals surface area contributed by atoms with Gasteiger partial charge in [-0.25, -0.2) is 0 Å². The Balaban J connectivity index is 1.81. The zero-order valence-corrected chi connectivity index (χ0v) is 13.4. The average molecular weight is 313 g/mol. The maximum atomic E-state index is 12.1. The van der Waals surface area contributed by atoms with Crippen LogP contribution in [-0.4, -0.2) is 37.0 Å². The molecule has 3 nitrogen and oxygen atoms in total. The molecule has 1 N–H and O–H groups in total. The van der Waals surface area contributed by atoms with Crippen LogP contribution >= 0.6 is 24.2 Å². The van der Waals surface area contributed by atoms with Gasteiger partial charge in [-0.05, 0) is 38.1 Å². The van der Waals surface area contributed by atoms with Crippen molar-refractivity contribution in [1.82, 2.24) is 10.2 Å². The lowest BCUT2D eigenvalue weighted by Gasteiger charge is -2.23. The zero-order valence-electron chi connectivity index (χ0n) is 11.7. The molecule has 1 fully saturated rings. The minimum Gasteiger partial charge on any atom is -0.351 e. The number of likely N-dealkylation sites (N-methyl/N-ethyl adjacent to an activating group) is 1. The molecular formula is C15H21ClN2OS. The van der Waals surface area contributed by atoms with E-state index >= 15 is 0 Å². The standard InChI is InChI=1S/C15H21ClN2OS/c1-18(11-4-2-3-5-11)9-8-17-15(19)13-10-12(20)6-7-14(13)16/h6-7,10-11,20H,2-5,8-9H2,1H3,(H,17,19). The number of nitrogens with one attached hydrogen (secondary N) is 1. The molecule has 1 aliphatic carbocycles. The van der Waals surface area contributed by atoms with Crippen molar-refractivity contribution in [3.8, 4) is 0 Å². The van der Waals surface area contributed by atoms with Crippen molar-refractivity contribution in [3.63, 3.8) is 0 Å². The maximum absolute atomic E-state index is 12.1. The minimum atomic E-state index is -0.134. The number of halogens is 1. The first-order valence-corrected chi connectivity index (χ1v) is 7.87. The van der Waals surface area contributed by atoms with Gasteiger partial charge in [0.15, 0.2) is 0 Å². The predicted octanol–water partition coefficient (Wildman–Crippen LogP) is 3.23. The largest absolute Gasteiger partial charge is 0.351 e. The third kappa shape index (κ3) is 4.14. The monoisotopic (exact) mass is 312 g/mol. The highest BCUT2D eigenvalue weighted by Crippen LogP contribution is 2.22. The molecule has 0 spiro atoms. The van der Waals surface area contributed by atoms with Crippen molar-refractivity contribution >= 4 is 30.1 Å². The number of rotatable bonds is 5. The first kappa shape index (κ1) is 15.7. The average Bonchev–Trinajstić information content (AvgIpc) is 2.95. The van der Waals surface area contributed by atoms with Crippen molar-refractivity contribution < 1.29 is 4.79 Å². The van der Waals surface area contributed by atoms with Crippen LogP contribution in [0.25, 0.3) is 0 Å². The summed E-state index contributed by atoms with van der Waals surface area (Å²) in [5.41, 5.74) is 0.489. The summed E-state index contributed by atoms with van der Waals surface area (Å²) in [6.45, 7) is 1.51. The van der Waals surface area contributed by atoms with Crippen molar-refractivity contribution in [2.24, 2.45) is 0 Å². The summed E-state index contributed by atoms with van der Waals surface area (Å²) < 4.78 is 0. The lowest BCUT2D eigenvalue weighted by atomic mass is 10.2. The van der Waals surface area contributed by atoms with Gasteiger partial charge in [-0.1, -0.05) is 24.4 Å². The SMILES string of the molecule is CN(CCNC(=O)c1cc(S)ccc1Cl)C1CCCC1. The molecule has 110 valence electrons. The number of carbonyl (C=O) groups excluding carboxylic acids is 1. The summed E-state index contributed by atoms with van der Waals surface area (Å²) in [5.74, 6) is -0.134. The van der Waals surface area contributed by atoms with Crippen molar-refractivity contribution in [2.75, 3.05) is 20.1 Å². The second-order valence-corrected chi connectivity index (χ2v) is 6.26. The van der Waals surface area contributed by atoms with Gasteiger partial charge in [-0.3, -0.25) is 4.79 Å². The van der Waals surface area contributed by atoms with Gasteiger partial charge in [0, 0.05) is 24.0 Å². The molecule has 0 atom stereocenters. The molecule has 0 heterocycles. The highest BCUT2D eigenvalue weighted by atomic mass is 35.5.